The van der Waals surface area contributed by atoms with Crippen molar-refractivity contribution < 1.29 is 8.78 Å². The van der Waals surface area contributed by atoms with Gasteiger partial charge in [0.15, 0.2) is 5.83 Å². The summed E-state index contributed by atoms with van der Waals surface area (Å²) in [6, 6.07) is 16.1. The smallest absolute Gasteiger partial charge is 0.161 e. The van der Waals surface area contributed by atoms with Crippen molar-refractivity contribution in [3.8, 4) is 0 Å². The van der Waals surface area contributed by atoms with Gasteiger partial charge in [0.2, 0.25) is 0 Å². The fourth-order valence-corrected chi connectivity index (χ4v) is 4.30. The van der Waals surface area contributed by atoms with Crippen molar-refractivity contribution in [1.29, 1.82) is 0 Å². The van der Waals surface area contributed by atoms with E-state index in [1.807, 2.05) is 19.1 Å². The molecular weight excluding hydrogens is 374 g/mol. The van der Waals surface area contributed by atoms with Crippen LogP contribution in [0.25, 0.3) is 11.4 Å². The first kappa shape index (κ1) is 22.5. The third kappa shape index (κ3) is 6.14. The predicted molar refractivity (Wildman–Crippen MR) is 125 cm³/mol. The summed E-state index contributed by atoms with van der Waals surface area (Å²) in [5.74, 6) is -0.507. The lowest BCUT2D eigenvalue weighted by atomic mass is 9.84. The Bertz CT molecular complexity index is 857. The van der Waals surface area contributed by atoms with Gasteiger partial charge in [-0.2, -0.15) is 0 Å². The molecule has 1 unspecified atom stereocenters. The fraction of sp³-hybridized carbons (Fsp3) is 0.429. The summed E-state index contributed by atoms with van der Waals surface area (Å²) in [5, 5.41) is 0. The molecule has 160 valence electrons. The van der Waals surface area contributed by atoms with Crippen LogP contribution in [0.5, 0.6) is 0 Å². The zero-order chi connectivity index (χ0) is 21.3. The van der Waals surface area contributed by atoms with E-state index in [0.717, 1.165) is 24.3 Å². The van der Waals surface area contributed by atoms with E-state index in [2.05, 4.69) is 37.3 Å². The molecular formula is C28H34F2. The molecule has 0 bridgehead atoms. The summed E-state index contributed by atoms with van der Waals surface area (Å²) in [5.41, 5.74) is 5.63. The van der Waals surface area contributed by atoms with Gasteiger partial charge >= 0.3 is 0 Å². The number of halogens is 2. The van der Waals surface area contributed by atoms with Gasteiger partial charge < -0.3 is 0 Å². The molecule has 0 heterocycles. The van der Waals surface area contributed by atoms with E-state index in [4.69, 9.17) is 0 Å². The molecule has 0 N–H and O–H groups in total. The van der Waals surface area contributed by atoms with Crippen molar-refractivity contribution in [1.82, 2.24) is 0 Å². The zero-order valence-corrected chi connectivity index (χ0v) is 18.4. The van der Waals surface area contributed by atoms with Crippen LogP contribution in [0.2, 0.25) is 0 Å². The third-order valence-electron chi connectivity index (χ3n) is 6.16. The quantitative estimate of drug-likeness (QED) is 0.389. The largest absolute Gasteiger partial charge is 0.209 e. The first-order valence-electron chi connectivity index (χ1n) is 11.5. The molecule has 2 aromatic carbocycles. The summed E-state index contributed by atoms with van der Waals surface area (Å²) in [6.07, 6.45) is 11.4. The van der Waals surface area contributed by atoms with E-state index in [1.165, 1.54) is 48.8 Å². The predicted octanol–water partition coefficient (Wildman–Crippen LogP) is 8.86. The number of hydrogen-bond donors (Lipinski definition) is 0. The van der Waals surface area contributed by atoms with Crippen LogP contribution in [-0.2, 0) is 12.8 Å². The Hall–Kier alpha value is -2.22. The molecule has 1 aliphatic rings. The second-order valence-corrected chi connectivity index (χ2v) is 8.52. The molecule has 0 nitrogen and oxygen atoms in total. The molecule has 0 aromatic heterocycles. The number of hydrogen-bond acceptors (Lipinski definition) is 0. The minimum absolute atomic E-state index is 0.153. The maximum absolute atomic E-state index is 14.0. The first-order chi connectivity index (χ1) is 14.6. The van der Waals surface area contributed by atoms with Crippen molar-refractivity contribution in [2.75, 3.05) is 0 Å². The maximum Gasteiger partial charge on any atom is 0.161 e. The van der Waals surface area contributed by atoms with Crippen molar-refractivity contribution >= 4 is 11.4 Å². The molecule has 3 rings (SSSR count). The van der Waals surface area contributed by atoms with Crippen molar-refractivity contribution in [3.63, 3.8) is 0 Å². The van der Waals surface area contributed by atoms with Crippen molar-refractivity contribution in [2.45, 2.75) is 71.6 Å². The molecule has 30 heavy (non-hydrogen) atoms. The summed E-state index contributed by atoms with van der Waals surface area (Å²) in [7, 11) is 0. The van der Waals surface area contributed by atoms with E-state index in [9.17, 15) is 8.78 Å². The normalized spacial score (nSPS) is 17.5. The molecule has 0 spiro atoms. The first-order valence-corrected chi connectivity index (χ1v) is 11.5. The minimum atomic E-state index is -0.725. The molecule has 0 radical (unpaired) electrons. The Kier molecular flexibility index (Phi) is 8.42. The van der Waals surface area contributed by atoms with Crippen molar-refractivity contribution in [2.24, 2.45) is 5.92 Å². The Morgan fingerprint density at radius 1 is 0.867 bits per heavy atom. The molecule has 2 heteroatoms. The molecule has 1 aliphatic carbocycles. The Morgan fingerprint density at radius 3 is 2.03 bits per heavy atom. The highest BCUT2D eigenvalue weighted by Gasteiger charge is 2.14. The van der Waals surface area contributed by atoms with E-state index in [1.54, 1.807) is 12.1 Å². The molecule has 0 fully saturated rings. The molecule has 2 aromatic rings. The maximum atomic E-state index is 14.0. The zero-order valence-electron chi connectivity index (χ0n) is 18.4. The van der Waals surface area contributed by atoms with Crippen molar-refractivity contribution in [3.05, 3.63) is 82.7 Å². The van der Waals surface area contributed by atoms with Crippen LogP contribution in [-0.4, -0.2) is 0 Å². The molecule has 0 aliphatic heterocycles. The number of aryl methyl sites for hydroxylation is 2. The van der Waals surface area contributed by atoms with Gasteiger partial charge in [0.1, 0.15) is 5.83 Å². The average Bonchev–Trinajstić information content (AvgIpc) is 2.79. The van der Waals surface area contributed by atoms with Gasteiger partial charge in [-0.1, -0.05) is 81.3 Å². The van der Waals surface area contributed by atoms with Crippen LogP contribution in [0.15, 0.2) is 60.4 Å². The van der Waals surface area contributed by atoms with E-state index < -0.39 is 11.7 Å². The van der Waals surface area contributed by atoms with Gasteiger partial charge in [0.05, 0.1) is 0 Å². The SMILES string of the molecule is CCCC(F)=C(F)c1ccc(CCc2ccc(C3=CCC(CCC)CC3)cc2)cc1. The number of benzene rings is 2. The lowest BCUT2D eigenvalue weighted by Crippen LogP contribution is -2.05. The van der Waals surface area contributed by atoms with E-state index >= 15 is 0 Å². The lowest BCUT2D eigenvalue weighted by Gasteiger charge is -2.21. The molecule has 0 saturated carbocycles. The lowest BCUT2D eigenvalue weighted by molar-refractivity contribution is 0.445. The fourth-order valence-electron chi connectivity index (χ4n) is 4.30. The van der Waals surface area contributed by atoms with Crippen LogP contribution in [0.3, 0.4) is 0 Å². The number of rotatable bonds is 9. The van der Waals surface area contributed by atoms with Crippen LogP contribution in [0.1, 0.15) is 81.0 Å². The Balaban J connectivity index is 1.55. The second kappa shape index (κ2) is 11.2. The highest BCUT2D eigenvalue weighted by molar-refractivity contribution is 5.66. The third-order valence-corrected chi connectivity index (χ3v) is 6.16. The highest BCUT2D eigenvalue weighted by Crippen LogP contribution is 2.32. The number of allylic oxidation sites excluding steroid dienone is 3. The molecule has 0 amide bonds. The molecule has 1 atom stereocenters. The van der Waals surface area contributed by atoms with E-state index in [0.29, 0.717) is 12.0 Å². The van der Waals surface area contributed by atoms with Crippen LogP contribution >= 0.6 is 0 Å². The second-order valence-electron chi connectivity index (χ2n) is 8.52. The van der Waals surface area contributed by atoms with Crippen LogP contribution in [0.4, 0.5) is 8.78 Å². The van der Waals surface area contributed by atoms with Gasteiger partial charge in [-0.15, -0.1) is 0 Å². The summed E-state index contributed by atoms with van der Waals surface area (Å²) < 4.78 is 27.7. The van der Waals surface area contributed by atoms with Gasteiger partial charge in [-0.05, 0) is 66.7 Å². The van der Waals surface area contributed by atoms with Crippen LogP contribution < -0.4 is 0 Å². The van der Waals surface area contributed by atoms with Gasteiger partial charge in [-0.25, -0.2) is 8.78 Å². The average molecular weight is 409 g/mol. The van der Waals surface area contributed by atoms with Gasteiger partial charge in [0.25, 0.3) is 0 Å². The summed E-state index contributed by atoms with van der Waals surface area (Å²) >= 11 is 0. The van der Waals surface area contributed by atoms with E-state index in [-0.39, 0.29) is 6.42 Å². The highest BCUT2D eigenvalue weighted by atomic mass is 19.2. The van der Waals surface area contributed by atoms with Gasteiger partial charge in [0, 0.05) is 12.0 Å². The standard InChI is InChI=1S/C28H34F2/c1-3-5-21-9-15-24(16-10-21)25-17-11-22(12-18-25)7-8-23-13-19-26(20-14-23)28(30)27(29)6-4-2/h11-15,17-21H,3-10,16H2,1-2H3. The Morgan fingerprint density at radius 2 is 1.50 bits per heavy atom. The topological polar surface area (TPSA) is 0 Å². The Labute approximate surface area is 180 Å². The summed E-state index contributed by atoms with van der Waals surface area (Å²) in [6.45, 7) is 4.12. The summed E-state index contributed by atoms with van der Waals surface area (Å²) in [4.78, 5) is 0. The molecule has 0 saturated heterocycles. The van der Waals surface area contributed by atoms with Crippen LogP contribution in [0, 0.1) is 5.92 Å². The monoisotopic (exact) mass is 408 g/mol. The van der Waals surface area contributed by atoms with Gasteiger partial charge in [-0.3, -0.25) is 0 Å². The minimum Gasteiger partial charge on any atom is -0.209 e.